The van der Waals surface area contributed by atoms with E-state index in [0.29, 0.717) is 26.1 Å². The number of aromatic nitrogens is 1. The quantitative estimate of drug-likeness (QED) is 0.870. The molecule has 1 N–H and O–H groups in total. The smallest absolute Gasteiger partial charge is 0.147 e. The molecular weight excluding hydrogens is 225 g/mol. The molecule has 0 amide bonds. The molecule has 0 bridgehead atoms. The molecule has 94 valence electrons. The second kappa shape index (κ2) is 5.08. The highest BCUT2D eigenvalue weighted by Crippen LogP contribution is 2.37. The first-order valence-electron chi connectivity index (χ1n) is 5.60. The van der Waals surface area contributed by atoms with E-state index in [1.807, 2.05) is 0 Å². The molecule has 17 heavy (non-hydrogen) atoms. The number of hydrogen-bond acceptors (Lipinski definition) is 4. The van der Waals surface area contributed by atoms with Gasteiger partial charge in [-0.1, -0.05) is 0 Å². The maximum atomic E-state index is 13.6. The van der Waals surface area contributed by atoms with Gasteiger partial charge in [0.15, 0.2) is 0 Å². The molecule has 4 nitrogen and oxygen atoms in total. The molecule has 2 rings (SSSR count). The van der Waals surface area contributed by atoms with Crippen LogP contribution in [0.25, 0.3) is 0 Å². The molecule has 1 aliphatic heterocycles. The van der Waals surface area contributed by atoms with Crippen molar-refractivity contribution in [1.29, 1.82) is 0 Å². The Balaban J connectivity index is 2.28. The average molecular weight is 241 g/mol. The second-order valence-electron chi connectivity index (χ2n) is 4.18. The fourth-order valence-electron chi connectivity index (χ4n) is 2.20. The summed E-state index contributed by atoms with van der Waals surface area (Å²) >= 11 is 0. The molecule has 0 aliphatic carbocycles. The lowest BCUT2D eigenvalue weighted by molar-refractivity contribution is -0.155. The standard InChI is InChI=1S/C12H16FNO3/c1-16-12(3-6-17-7-4-12)11(15)9-2-5-14-8-10(9)13/h2,5,8,11,15H,3-4,6-7H2,1H3. The molecule has 1 atom stereocenters. The number of methoxy groups -OCH3 is 1. The van der Waals surface area contributed by atoms with Crippen molar-refractivity contribution in [2.75, 3.05) is 20.3 Å². The zero-order valence-electron chi connectivity index (χ0n) is 9.73. The summed E-state index contributed by atoms with van der Waals surface area (Å²) in [5, 5.41) is 10.3. The molecular formula is C12H16FNO3. The average Bonchev–Trinajstić information content (AvgIpc) is 2.39. The van der Waals surface area contributed by atoms with Crippen LogP contribution < -0.4 is 0 Å². The van der Waals surface area contributed by atoms with Gasteiger partial charge < -0.3 is 14.6 Å². The van der Waals surface area contributed by atoms with Crippen molar-refractivity contribution in [2.45, 2.75) is 24.5 Å². The summed E-state index contributed by atoms with van der Waals surface area (Å²) in [6.07, 6.45) is 2.66. The number of halogens is 1. The minimum Gasteiger partial charge on any atom is -0.385 e. The summed E-state index contributed by atoms with van der Waals surface area (Å²) in [4.78, 5) is 3.67. The SMILES string of the molecule is COC1(C(O)c2ccncc2F)CCOCC1. The van der Waals surface area contributed by atoms with Crippen LogP contribution in [0.15, 0.2) is 18.5 Å². The Kier molecular flexibility index (Phi) is 3.71. The van der Waals surface area contributed by atoms with Gasteiger partial charge >= 0.3 is 0 Å². The Labute approximate surface area is 99.4 Å². The summed E-state index contributed by atoms with van der Waals surface area (Å²) in [6, 6.07) is 1.48. The second-order valence-corrected chi connectivity index (χ2v) is 4.18. The number of hydrogen-bond donors (Lipinski definition) is 1. The summed E-state index contributed by atoms with van der Waals surface area (Å²) in [5.41, 5.74) is -0.538. The van der Waals surface area contributed by atoms with Gasteiger partial charge in [-0.25, -0.2) is 4.39 Å². The Morgan fingerprint density at radius 2 is 2.24 bits per heavy atom. The molecule has 1 aliphatic rings. The van der Waals surface area contributed by atoms with E-state index in [2.05, 4.69) is 4.98 Å². The Morgan fingerprint density at radius 3 is 2.82 bits per heavy atom. The molecule has 0 saturated carbocycles. The third-order valence-corrected chi connectivity index (χ3v) is 3.34. The minimum absolute atomic E-state index is 0.226. The predicted octanol–water partition coefficient (Wildman–Crippen LogP) is 1.45. The van der Waals surface area contributed by atoms with Crippen molar-refractivity contribution in [1.82, 2.24) is 4.98 Å². The van der Waals surface area contributed by atoms with Crippen LogP contribution in [0.1, 0.15) is 24.5 Å². The summed E-state index contributed by atoms with van der Waals surface area (Å²) in [5.74, 6) is -0.511. The molecule has 1 saturated heterocycles. The molecule has 0 aromatic carbocycles. The Morgan fingerprint density at radius 1 is 1.53 bits per heavy atom. The predicted molar refractivity (Wildman–Crippen MR) is 58.9 cm³/mol. The van der Waals surface area contributed by atoms with Crippen LogP contribution in [-0.2, 0) is 9.47 Å². The Bertz CT molecular complexity index is 380. The van der Waals surface area contributed by atoms with Gasteiger partial charge in [-0.3, -0.25) is 4.98 Å². The van der Waals surface area contributed by atoms with Gasteiger partial charge in [0.1, 0.15) is 17.5 Å². The van der Waals surface area contributed by atoms with Crippen LogP contribution in [0.3, 0.4) is 0 Å². The summed E-state index contributed by atoms with van der Waals surface area (Å²) in [7, 11) is 1.54. The van der Waals surface area contributed by atoms with Crippen molar-refractivity contribution in [3.63, 3.8) is 0 Å². The zero-order chi connectivity index (χ0) is 12.3. The topological polar surface area (TPSA) is 51.6 Å². The largest absolute Gasteiger partial charge is 0.385 e. The summed E-state index contributed by atoms with van der Waals surface area (Å²) < 4.78 is 24.3. The van der Waals surface area contributed by atoms with Crippen LogP contribution in [0, 0.1) is 5.82 Å². The van der Waals surface area contributed by atoms with Crippen LogP contribution in [0.2, 0.25) is 0 Å². The van der Waals surface area contributed by atoms with E-state index >= 15 is 0 Å². The number of nitrogens with zero attached hydrogens (tertiary/aromatic N) is 1. The number of ether oxygens (including phenoxy) is 2. The van der Waals surface area contributed by atoms with E-state index in [9.17, 15) is 9.50 Å². The van der Waals surface area contributed by atoms with Crippen LogP contribution >= 0.6 is 0 Å². The van der Waals surface area contributed by atoms with Crippen molar-refractivity contribution in [2.24, 2.45) is 0 Å². The first-order chi connectivity index (χ1) is 8.19. The van der Waals surface area contributed by atoms with Crippen LogP contribution in [-0.4, -0.2) is 36.0 Å². The maximum absolute atomic E-state index is 13.6. The van der Waals surface area contributed by atoms with Gasteiger partial charge in [0.2, 0.25) is 0 Å². The van der Waals surface area contributed by atoms with E-state index in [1.165, 1.54) is 19.4 Å². The molecule has 1 aromatic heterocycles. The zero-order valence-corrected chi connectivity index (χ0v) is 9.73. The van der Waals surface area contributed by atoms with Crippen molar-refractivity contribution < 1.29 is 19.0 Å². The third-order valence-electron chi connectivity index (χ3n) is 3.34. The van der Waals surface area contributed by atoms with Gasteiger partial charge in [0, 0.05) is 44.9 Å². The van der Waals surface area contributed by atoms with Gasteiger partial charge in [-0.2, -0.15) is 0 Å². The molecule has 0 radical (unpaired) electrons. The lowest BCUT2D eigenvalue weighted by Gasteiger charge is -2.39. The van der Waals surface area contributed by atoms with Gasteiger partial charge in [-0.15, -0.1) is 0 Å². The lowest BCUT2D eigenvalue weighted by Crippen LogP contribution is -2.44. The van der Waals surface area contributed by atoms with Crippen molar-refractivity contribution in [3.8, 4) is 0 Å². The number of aliphatic hydroxyl groups is 1. The first-order valence-corrected chi connectivity index (χ1v) is 5.60. The maximum Gasteiger partial charge on any atom is 0.147 e. The van der Waals surface area contributed by atoms with E-state index in [4.69, 9.17) is 9.47 Å². The van der Waals surface area contributed by atoms with E-state index < -0.39 is 17.5 Å². The fraction of sp³-hybridized carbons (Fsp3) is 0.583. The highest BCUT2D eigenvalue weighted by Gasteiger charge is 2.41. The monoisotopic (exact) mass is 241 g/mol. The Hall–Kier alpha value is -1.04. The molecule has 2 heterocycles. The lowest BCUT2D eigenvalue weighted by atomic mass is 9.84. The van der Waals surface area contributed by atoms with Gasteiger partial charge in [0.05, 0.1) is 6.20 Å². The number of pyridine rings is 1. The number of aliphatic hydroxyl groups excluding tert-OH is 1. The van der Waals surface area contributed by atoms with E-state index in [1.54, 1.807) is 0 Å². The molecule has 0 spiro atoms. The summed E-state index contributed by atoms with van der Waals surface area (Å²) in [6.45, 7) is 1.02. The highest BCUT2D eigenvalue weighted by molar-refractivity contribution is 5.19. The molecule has 1 aromatic rings. The van der Waals surface area contributed by atoms with Gasteiger partial charge in [-0.05, 0) is 6.07 Å². The molecule has 5 heteroatoms. The highest BCUT2D eigenvalue weighted by atomic mass is 19.1. The fourth-order valence-corrected chi connectivity index (χ4v) is 2.20. The molecule has 1 unspecified atom stereocenters. The number of rotatable bonds is 3. The van der Waals surface area contributed by atoms with E-state index in [-0.39, 0.29) is 5.56 Å². The van der Waals surface area contributed by atoms with Crippen LogP contribution in [0.4, 0.5) is 4.39 Å². The molecule has 1 fully saturated rings. The van der Waals surface area contributed by atoms with Crippen molar-refractivity contribution in [3.05, 3.63) is 29.8 Å². The van der Waals surface area contributed by atoms with Gasteiger partial charge in [0.25, 0.3) is 0 Å². The van der Waals surface area contributed by atoms with E-state index in [0.717, 1.165) is 6.20 Å². The van der Waals surface area contributed by atoms with Crippen molar-refractivity contribution >= 4 is 0 Å². The first kappa shape index (κ1) is 12.4. The van der Waals surface area contributed by atoms with Crippen LogP contribution in [0.5, 0.6) is 0 Å². The normalized spacial score (nSPS) is 21.1. The third kappa shape index (κ3) is 2.31. The minimum atomic E-state index is -1.00.